The van der Waals surface area contributed by atoms with E-state index in [2.05, 4.69) is 27.4 Å². The van der Waals surface area contributed by atoms with Crippen molar-refractivity contribution in [3.05, 3.63) is 0 Å². The molecule has 20 heavy (non-hydrogen) atoms. The number of unbranched alkanes of at least 4 members (excludes halogenated alkanes) is 3. The van der Waals surface area contributed by atoms with Crippen molar-refractivity contribution in [2.75, 3.05) is 39.8 Å². The van der Waals surface area contributed by atoms with Gasteiger partial charge in [-0.1, -0.05) is 26.2 Å². The average Bonchev–Trinajstić information content (AvgIpc) is 2.50. The number of hydrogen-bond acceptors (Lipinski definition) is 2. The zero-order valence-corrected chi connectivity index (χ0v) is 13.6. The number of nitrogens with one attached hydrogen (secondary N) is 2. The second kappa shape index (κ2) is 12.0. The molecule has 0 saturated carbocycles. The van der Waals surface area contributed by atoms with E-state index in [0.717, 1.165) is 19.0 Å². The third-order valence-electron chi connectivity index (χ3n) is 3.94. The van der Waals surface area contributed by atoms with E-state index >= 15 is 0 Å². The Morgan fingerprint density at radius 3 is 2.30 bits per heavy atom. The maximum absolute atomic E-state index is 4.24. The van der Waals surface area contributed by atoms with Crippen LogP contribution in [0.15, 0.2) is 4.99 Å². The molecule has 1 aliphatic heterocycles. The van der Waals surface area contributed by atoms with Crippen LogP contribution in [0.1, 0.15) is 58.3 Å². The van der Waals surface area contributed by atoms with Gasteiger partial charge in [0.1, 0.15) is 0 Å². The van der Waals surface area contributed by atoms with E-state index < -0.39 is 0 Å². The van der Waals surface area contributed by atoms with Gasteiger partial charge in [-0.05, 0) is 51.7 Å². The van der Waals surface area contributed by atoms with E-state index in [-0.39, 0.29) is 0 Å². The SMILES string of the molecule is CCCCNC(=NC)NCCCCCN1CCCCC1. The van der Waals surface area contributed by atoms with Crippen molar-refractivity contribution >= 4 is 5.96 Å². The van der Waals surface area contributed by atoms with Crippen molar-refractivity contribution in [1.29, 1.82) is 0 Å². The predicted molar refractivity (Wildman–Crippen MR) is 88.4 cm³/mol. The topological polar surface area (TPSA) is 39.7 Å². The molecule has 118 valence electrons. The largest absolute Gasteiger partial charge is 0.356 e. The molecule has 0 bridgehead atoms. The van der Waals surface area contributed by atoms with Gasteiger partial charge in [-0.25, -0.2) is 0 Å². The molecule has 1 rings (SSSR count). The molecule has 1 heterocycles. The Balaban J connectivity index is 1.92. The van der Waals surface area contributed by atoms with Gasteiger partial charge in [0, 0.05) is 20.1 Å². The van der Waals surface area contributed by atoms with E-state index in [1.54, 1.807) is 0 Å². The molecule has 2 N–H and O–H groups in total. The lowest BCUT2D eigenvalue weighted by Gasteiger charge is -2.26. The Hall–Kier alpha value is -0.770. The zero-order valence-electron chi connectivity index (χ0n) is 13.6. The van der Waals surface area contributed by atoms with Crippen molar-refractivity contribution in [1.82, 2.24) is 15.5 Å². The van der Waals surface area contributed by atoms with Crippen molar-refractivity contribution in [3.63, 3.8) is 0 Å². The molecular weight excluding hydrogens is 248 g/mol. The van der Waals surface area contributed by atoms with E-state index in [1.807, 2.05) is 7.05 Å². The van der Waals surface area contributed by atoms with Crippen molar-refractivity contribution in [3.8, 4) is 0 Å². The first-order chi connectivity index (χ1) is 9.86. The van der Waals surface area contributed by atoms with Crippen LogP contribution in [0.25, 0.3) is 0 Å². The lowest BCUT2D eigenvalue weighted by molar-refractivity contribution is 0.224. The molecule has 0 aliphatic carbocycles. The molecule has 0 spiro atoms. The summed E-state index contributed by atoms with van der Waals surface area (Å²) in [6.45, 7) is 8.21. The number of rotatable bonds is 9. The standard InChI is InChI=1S/C16H34N4/c1-3-4-11-18-16(17-2)19-12-7-5-8-13-20-14-9-6-10-15-20/h3-15H2,1-2H3,(H2,17,18,19). The smallest absolute Gasteiger partial charge is 0.190 e. The van der Waals surface area contributed by atoms with Crippen molar-refractivity contribution in [2.24, 2.45) is 4.99 Å². The Labute approximate surface area is 125 Å². The van der Waals surface area contributed by atoms with Gasteiger partial charge in [0.25, 0.3) is 0 Å². The highest BCUT2D eigenvalue weighted by molar-refractivity contribution is 5.79. The molecule has 1 saturated heterocycles. The molecule has 1 aliphatic rings. The number of nitrogens with zero attached hydrogens (tertiary/aromatic N) is 2. The minimum absolute atomic E-state index is 0.953. The number of likely N-dealkylation sites (tertiary alicyclic amines) is 1. The second-order valence-electron chi connectivity index (χ2n) is 5.74. The summed E-state index contributed by atoms with van der Waals surface area (Å²) in [4.78, 5) is 6.86. The third kappa shape index (κ3) is 8.41. The Bertz CT molecular complexity index is 247. The van der Waals surface area contributed by atoms with Gasteiger partial charge < -0.3 is 15.5 Å². The molecule has 0 aromatic rings. The molecule has 0 unspecified atom stereocenters. The molecule has 4 nitrogen and oxygen atoms in total. The Morgan fingerprint density at radius 1 is 0.950 bits per heavy atom. The lowest BCUT2D eigenvalue weighted by atomic mass is 10.1. The summed E-state index contributed by atoms with van der Waals surface area (Å²) in [6, 6.07) is 0. The number of aliphatic imine (C=N–C) groups is 1. The predicted octanol–water partition coefficient (Wildman–Crippen LogP) is 2.61. The van der Waals surface area contributed by atoms with E-state index in [4.69, 9.17) is 0 Å². The highest BCUT2D eigenvalue weighted by Crippen LogP contribution is 2.09. The molecule has 0 atom stereocenters. The van der Waals surface area contributed by atoms with Gasteiger partial charge in [0.2, 0.25) is 0 Å². The third-order valence-corrected chi connectivity index (χ3v) is 3.94. The van der Waals surface area contributed by atoms with E-state index in [0.29, 0.717) is 0 Å². The quantitative estimate of drug-likeness (QED) is 0.388. The Morgan fingerprint density at radius 2 is 1.65 bits per heavy atom. The van der Waals surface area contributed by atoms with Crippen molar-refractivity contribution in [2.45, 2.75) is 58.3 Å². The summed E-state index contributed by atoms with van der Waals surface area (Å²) in [5, 5.41) is 6.74. The summed E-state index contributed by atoms with van der Waals surface area (Å²) in [5.74, 6) is 0.953. The van der Waals surface area contributed by atoms with Crippen LogP contribution in [0, 0.1) is 0 Å². The fraction of sp³-hybridized carbons (Fsp3) is 0.938. The van der Waals surface area contributed by atoms with Gasteiger partial charge in [0.05, 0.1) is 0 Å². The van der Waals surface area contributed by atoms with Gasteiger partial charge in [-0.2, -0.15) is 0 Å². The normalized spacial score (nSPS) is 17.2. The minimum Gasteiger partial charge on any atom is -0.356 e. The average molecular weight is 282 g/mol. The molecule has 0 aromatic heterocycles. The first kappa shape index (κ1) is 17.3. The number of piperidine rings is 1. The molecular formula is C16H34N4. The molecule has 0 aromatic carbocycles. The highest BCUT2D eigenvalue weighted by Gasteiger charge is 2.08. The summed E-state index contributed by atoms with van der Waals surface area (Å²) in [6.07, 6.45) is 10.6. The maximum atomic E-state index is 4.24. The minimum atomic E-state index is 0.953. The van der Waals surface area contributed by atoms with Crippen LogP contribution in [0.2, 0.25) is 0 Å². The molecule has 1 fully saturated rings. The van der Waals surface area contributed by atoms with Gasteiger partial charge in [-0.3, -0.25) is 4.99 Å². The van der Waals surface area contributed by atoms with Gasteiger partial charge in [0.15, 0.2) is 5.96 Å². The summed E-state index contributed by atoms with van der Waals surface area (Å²) in [5.41, 5.74) is 0. The monoisotopic (exact) mass is 282 g/mol. The zero-order chi connectivity index (χ0) is 14.5. The number of guanidine groups is 1. The van der Waals surface area contributed by atoms with E-state index in [9.17, 15) is 0 Å². The second-order valence-corrected chi connectivity index (χ2v) is 5.74. The summed E-state index contributed by atoms with van der Waals surface area (Å²) >= 11 is 0. The summed E-state index contributed by atoms with van der Waals surface area (Å²) < 4.78 is 0. The van der Waals surface area contributed by atoms with Crippen LogP contribution in [-0.2, 0) is 0 Å². The van der Waals surface area contributed by atoms with Crippen LogP contribution in [0.5, 0.6) is 0 Å². The van der Waals surface area contributed by atoms with Crippen molar-refractivity contribution < 1.29 is 0 Å². The Kier molecular flexibility index (Phi) is 10.4. The summed E-state index contributed by atoms with van der Waals surface area (Å²) in [7, 11) is 1.84. The highest BCUT2D eigenvalue weighted by atomic mass is 15.2. The van der Waals surface area contributed by atoms with Gasteiger partial charge in [-0.15, -0.1) is 0 Å². The first-order valence-corrected chi connectivity index (χ1v) is 8.53. The van der Waals surface area contributed by atoms with E-state index in [1.165, 1.54) is 71.0 Å². The number of hydrogen-bond donors (Lipinski definition) is 2. The maximum Gasteiger partial charge on any atom is 0.190 e. The van der Waals surface area contributed by atoms with Crippen LogP contribution in [0.4, 0.5) is 0 Å². The van der Waals surface area contributed by atoms with Crippen LogP contribution < -0.4 is 10.6 Å². The fourth-order valence-electron chi connectivity index (χ4n) is 2.63. The molecule has 0 amide bonds. The lowest BCUT2D eigenvalue weighted by Crippen LogP contribution is -2.38. The molecule has 0 radical (unpaired) electrons. The van der Waals surface area contributed by atoms with Gasteiger partial charge >= 0.3 is 0 Å². The van der Waals surface area contributed by atoms with Crippen LogP contribution in [0.3, 0.4) is 0 Å². The first-order valence-electron chi connectivity index (χ1n) is 8.53. The van der Waals surface area contributed by atoms with Crippen LogP contribution in [-0.4, -0.2) is 50.6 Å². The molecule has 4 heteroatoms. The fourth-order valence-corrected chi connectivity index (χ4v) is 2.63. The van der Waals surface area contributed by atoms with Crippen LogP contribution >= 0.6 is 0 Å².